The number of benzene rings is 1. The first-order valence-electron chi connectivity index (χ1n) is 6.70. The lowest BCUT2D eigenvalue weighted by molar-refractivity contribution is -0.145. The minimum Gasteiger partial charge on any atom is -0.232 e. The molecule has 0 saturated carbocycles. The summed E-state index contributed by atoms with van der Waals surface area (Å²) < 4.78 is 39.1. The SMILES string of the molecule is C=Cc1cc(Cn2nnc(C(F)(F)F)n2)nn1-c1ccccc1Cl. The zero-order valence-corrected chi connectivity index (χ0v) is 12.8. The fourth-order valence-electron chi connectivity index (χ4n) is 2.05. The van der Waals surface area contributed by atoms with Crippen LogP contribution in [0.4, 0.5) is 13.2 Å². The van der Waals surface area contributed by atoms with Crippen LogP contribution in [0.2, 0.25) is 5.02 Å². The van der Waals surface area contributed by atoms with E-state index in [9.17, 15) is 13.2 Å². The van der Waals surface area contributed by atoms with Gasteiger partial charge in [0, 0.05) is 0 Å². The summed E-state index contributed by atoms with van der Waals surface area (Å²) in [7, 11) is 0. The fourth-order valence-corrected chi connectivity index (χ4v) is 2.27. The lowest BCUT2D eigenvalue weighted by Crippen LogP contribution is -2.10. The van der Waals surface area contributed by atoms with Crippen LogP contribution in [-0.2, 0) is 12.7 Å². The van der Waals surface area contributed by atoms with E-state index in [1.165, 1.54) is 0 Å². The number of rotatable bonds is 4. The molecule has 1 aromatic carbocycles. The topological polar surface area (TPSA) is 61.4 Å². The first-order chi connectivity index (χ1) is 11.4. The molecule has 3 rings (SSSR count). The number of hydrogen-bond acceptors (Lipinski definition) is 4. The summed E-state index contributed by atoms with van der Waals surface area (Å²) in [5, 5.41) is 14.5. The molecule has 0 aliphatic carbocycles. The number of alkyl halides is 3. The van der Waals surface area contributed by atoms with Gasteiger partial charge in [0.25, 0.3) is 5.82 Å². The van der Waals surface area contributed by atoms with Crippen LogP contribution in [0.25, 0.3) is 11.8 Å². The summed E-state index contributed by atoms with van der Waals surface area (Å²) in [6, 6.07) is 8.71. The highest BCUT2D eigenvalue weighted by atomic mass is 35.5. The van der Waals surface area contributed by atoms with E-state index in [0.29, 0.717) is 22.1 Å². The monoisotopic (exact) mass is 354 g/mol. The van der Waals surface area contributed by atoms with Crippen molar-refractivity contribution in [1.29, 1.82) is 0 Å². The van der Waals surface area contributed by atoms with Gasteiger partial charge in [-0.15, -0.1) is 10.2 Å². The van der Waals surface area contributed by atoms with Crippen LogP contribution in [-0.4, -0.2) is 30.0 Å². The average Bonchev–Trinajstić information content (AvgIpc) is 3.14. The molecule has 0 radical (unpaired) electrons. The van der Waals surface area contributed by atoms with Gasteiger partial charge in [0.2, 0.25) is 0 Å². The van der Waals surface area contributed by atoms with Gasteiger partial charge >= 0.3 is 6.18 Å². The molecule has 0 fully saturated rings. The second-order valence-electron chi connectivity index (χ2n) is 4.77. The van der Waals surface area contributed by atoms with Gasteiger partial charge in [-0.1, -0.05) is 30.3 Å². The molecule has 0 aliphatic rings. The highest BCUT2D eigenvalue weighted by molar-refractivity contribution is 6.32. The molecule has 0 bridgehead atoms. The van der Waals surface area contributed by atoms with Crippen LogP contribution in [0.15, 0.2) is 36.9 Å². The Bertz CT molecular complexity index is 883. The molecule has 2 heterocycles. The Labute approximate surface area is 139 Å². The fraction of sp³-hybridized carbons (Fsp3) is 0.143. The molecular weight excluding hydrogens is 345 g/mol. The van der Waals surface area contributed by atoms with E-state index in [2.05, 4.69) is 27.1 Å². The van der Waals surface area contributed by atoms with Crippen LogP contribution in [0.3, 0.4) is 0 Å². The quantitative estimate of drug-likeness (QED) is 0.721. The van der Waals surface area contributed by atoms with Gasteiger partial charge < -0.3 is 0 Å². The predicted octanol–water partition coefficient (Wildman–Crippen LogP) is 3.22. The summed E-state index contributed by atoms with van der Waals surface area (Å²) in [4.78, 5) is 0.828. The smallest absolute Gasteiger partial charge is 0.232 e. The summed E-state index contributed by atoms with van der Waals surface area (Å²) in [5.41, 5.74) is 1.70. The van der Waals surface area contributed by atoms with E-state index in [1.54, 1.807) is 41.1 Å². The van der Waals surface area contributed by atoms with Crippen LogP contribution in [0, 0.1) is 0 Å². The summed E-state index contributed by atoms with van der Waals surface area (Å²) in [6.45, 7) is 3.63. The third-order valence-corrected chi connectivity index (χ3v) is 3.41. The molecule has 24 heavy (non-hydrogen) atoms. The average molecular weight is 355 g/mol. The zero-order chi connectivity index (χ0) is 17.3. The number of nitrogens with zero attached hydrogens (tertiary/aromatic N) is 6. The van der Waals surface area contributed by atoms with Crippen LogP contribution < -0.4 is 0 Å². The molecule has 0 atom stereocenters. The van der Waals surface area contributed by atoms with Crippen molar-refractivity contribution in [3.63, 3.8) is 0 Å². The normalized spacial score (nSPS) is 11.7. The van der Waals surface area contributed by atoms with Crippen molar-refractivity contribution < 1.29 is 13.2 Å². The van der Waals surface area contributed by atoms with Crippen LogP contribution in [0.1, 0.15) is 17.2 Å². The lowest BCUT2D eigenvalue weighted by Gasteiger charge is -2.06. The van der Waals surface area contributed by atoms with Gasteiger partial charge in [-0.3, -0.25) is 0 Å². The van der Waals surface area contributed by atoms with Crippen LogP contribution in [0.5, 0.6) is 0 Å². The standard InChI is InChI=1S/C14H10ClF3N6/c1-2-10-7-9(8-23-21-13(19-22-23)14(16,17)18)20-24(10)12-6-4-3-5-11(12)15/h2-7H,1,8H2. The molecule has 0 aliphatic heterocycles. The van der Waals surface area contributed by atoms with E-state index >= 15 is 0 Å². The molecule has 0 spiro atoms. The maximum absolute atomic E-state index is 12.5. The highest BCUT2D eigenvalue weighted by Gasteiger charge is 2.36. The zero-order valence-electron chi connectivity index (χ0n) is 12.1. The van der Waals surface area contributed by atoms with Crippen molar-refractivity contribution in [2.45, 2.75) is 12.7 Å². The molecule has 0 unspecified atom stereocenters. The Kier molecular flexibility index (Phi) is 4.10. The first-order valence-corrected chi connectivity index (χ1v) is 7.07. The van der Waals surface area contributed by atoms with E-state index in [1.807, 2.05) is 0 Å². The number of tetrazole rings is 1. The van der Waals surface area contributed by atoms with Crippen molar-refractivity contribution in [2.75, 3.05) is 0 Å². The van der Waals surface area contributed by atoms with E-state index in [4.69, 9.17) is 11.6 Å². The summed E-state index contributed by atoms with van der Waals surface area (Å²) in [6.07, 6.45) is -3.07. The van der Waals surface area contributed by atoms with Gasteiger partial charge in [0.15, 0.2) is 0 Å². The molecule has 0 N–H and O–H groups in total. The van der Waals surface area contributed by atoms with Crippen molar-refractivity contribution in [1.82, 2.24) is 30.0 Å². The molecule has 2 aromatic heterocycles. The Morgan fingerprint density at radius 1 is 1.21 bits per heavy atom. The first kappa shape index (κ1) is 16.2. The van der Waals surface area contributed by atoms with Gasteiger partial charge in [-0.2, -0.15) is 23.1 Å². The molecule has 124 valence electrons. The van der Waals surface area contributed by atoms with Gasteiger partial charge in [0.1, 0.15) is 6.54 Å². The minimum absolute atomic E-state index is 0.0681. The Morgan fingerprint density at radius 3 is 2.58 bits per heavy atom. The van der Waals surface area contributed by atoms with E-state index in [-0.39, 0.29) is 6.54 Å². The van der Waals surface area contributed by atoms with Crippen molar-refractivity contribution >= 4 is 17.7 Å². The number of halogens is 4. The second-order valence-corrected chi connectivity index (χ2v) is 5.18. The maximum atomic E-state index is 12.5. The summed E-state index contributed by atoms with van der Waals surface area (Å²) >= 11 is 6.15. The lowest BCUT2D eigenvalue weighted by atomic mass is 10.3. The molecule has 10 heteroatoms. The molecule has 3 aromatic rings. The Hall–Kier alpha value is -2.68. The third-order valence-electron chi connectivity index (χ3n) is 3.09. The highest BCUT2D eigenvalue weighted by Crippen LogP contribution is 2.25. The van der Waals surface area contributed by atoms with Crippen molar-refractivity contribution in [2.24, 2.45) is 0 Å². The molecular formula is C14H10ClF3N6. The predicted molar refractivity (Wildman–Crippen MR) is 80.6 cm³/mol. The van der Waals surface area contributed by atoms with Gasteiger partial charge in [-0.05, 0) is 29.5 Å². The minimum atomic E-state index is -4.64. The Morgan fingerprint density at radius 2 is 1.96 bits per heavy atom. The van der Waals surface area contributed by atoms with Gasteiger partial charge in [0.05, 0.1) is 22.1 Å². The number of hydrogen-bond donors (Lipinski definition) is 0. The molecule has 0 amide bonds. The van der Waals surface area contributed by atoms with Crippen molar-refractivity contribution in [3.05, 3.63) is 59.1 Å². The van der Waals surface area contributed by atoms with Gasteiger partial charge in [-0.25, -0.2) is 4.68 Å². The Balaban J connectivity index is 1.92. The number of aromatic nitrogens is 6. The maximum Gasteiger partial charge on any atom is 0.455 e. The third kappa shape index (κ3) is 3.16. The molecule has 0 saturated heterocycles. The van der Waals surface area contributed by atoms with Crippen LogP contribution >= 0.6 is 11.6 Å². The van der Waals surface area contributed by atoms with E-state index in [0.717, 1.165) is 4.80 Å². The second kappa shape index (κ2) is 6.08. The summed E-state index contributed by atoms with van der Waals surface area (Å²) in [5.74, 6) is -1.29. The number of para-hydroxylation sites is 1. The largest absolute Gasteiger partial charge is 0.455 e. The van der Waals surface area contributed by atoms with E-state index < -0.39 is 12.0 Å². The van der Waals surface area contributed by atoms with Crippen molar-refractivity contribution in [3.8, 4) is 5.69 Å². The molecule has 6 nitrogen and oxygen atoms in total.